The maximum absolute atomic E-state index is 9.34. The third-order valence-corrected chi connectivity index (χ3v) is 6.51. The molecule has 2 saturated carbocycles. The minimum Gasteiger partial charge on any atom is -0.396 e. The molecule has 1 atom stereocenters. The van der Waals surface area contributed by atoms with Gasteiger partial charge in [-0.05, 0) is 74.8 Å². The summed E-state index contributed by atoms with van der Waals surface area (Å²) in [7, 11) is 0. The van der Waals surface area contributed by atoms with Crippen LogP contribution in [0.1, 0.15) is 51.9 Å². The predicted molar refractivity (Wildman–Crippen MR) is 103 cm³/mol. The van der Waals surface area contributed by atoms with E-state index in [4.69, 9.17) is 11.6 Å². The molecule has 0 aliphatic heterocycles. The second kappa shape index (κ2) is 7.69. The molecule has 2 aliphatic rings. The van der Waals surface area contributed by atoms with Crippen molar-refractivity contribution in [2.45, 2.75) is 64.5 Å². The van der Waals surface area contributed by atoms with E-state index in [2.05, 4.69) is 31.8 Å². The first-order valence-electron chi connectivity index (χ1n) is 9.89. The molecule has 0 aromatic carbocycles. The molecule has 0 saturated heterocycles. The normalized spacial score (nSPS) is 25.2. The summed E-state index contributed by atoms with van der Waals surface area (Å²) in [5.74, 6) is 2.61. The lowest BCUT2D eigenvalue weighted by Gasteiger charge is -2.32. The molecule has 142 valence electrons. The molecular weight excluding hydrogens is 350 g/mol. The molecule has 7 heteroatoms. The number of hydrogen-bond acceptors (Lipinski definition) is 5. The highest BCUT2D eigenvalue weighted by Gasteiger charge is 2.26. The van der Waals surface area contributed by atoms with Crippen LogP contribution in [0, 0.1) is 17.8 Å². The van der Waals surface area contributed by atoms with Crippen LogP contribution in [0.4, 0.5) is 5.82 Å². The third-order valence-electron chi connectivity index (χ3n) is 6.35. The standard InChI is InChI=1S/C19H28ClN5O/c1-12(15-3-2-4-15)22-18-16-17(23-19(20)24-18)21-11-25(16)9-13-5-7-14(10-26)8-6-13/h11-15,26H,2-10H2,1H3,(H,22,23,24). The minimum atomic E-state index is 0.245. The Balaban J connectivity index is 1.55. The van der Waals surface area contributed by atoms with Gasteiger partial charge in [0.15, 0.2) is 11.5 Å². The Morgan fingerprint density at radius 1 is 1.19 bits per heavy atom. The van der Waals surface area contributed by atoms with Gasteiger partial charge in [-0.2, -0.15) is 9.97 Å². The van der Waals surface area contributed by atoms with Crippen LogP contribution in [0.5, 0.6) is 0 Å². The first kappa shape index (κ1) is 18.0. The van der Waals surface area contributed by atoms with Crippen LogP contribution < -0.4 is 5.32 Å². The lowest BCUT2D eigenvalue weighted by Crippen LogP contribution is -2.31. The summed E-state index contributed by atoms with van der Waals surface area (Å²) in [5, 5.41) is 13.2. The van der Waals surface area contributed by atoms with Crippen LogP contribution >= 0.6 is 11.6 Å². The fraction of sp³-hybridized carbons (Fsp3) is 0.737. The Morgan fingerprint density at radius 3 is 2.58 bits per heavy atom. The summed E-state index contributed by atoms with van der Waals surface area (Å²) in [6.45, 7) is 3.47. The van der Waals surface area contributed by atoms with Crippen molar-refractivity contribution in [3.05, 3.63) is 11.6 Å². The summed E-state index contributed by atoms with van der Waals surface area (Å²) >= 11 is 6.13. The van der Waals surface area contributed by atoms with Crippen LogP contribution in [0.3, 0.4) is 0 Å². The van der Waals surface area contributed by atoms with Crippen molar-refractivity contribution in [2.75, 3.05) is 11.9 Å². The molecule has 0 bridgehead atoms. The van der Waals surface area contributed by atoms with Crippen LogP contribution in [0.15, 0.2) is 6.33 Å². The fourth-order valence-corrected chi connectivity index (χ4v) is 4.50. The maximum atomic E-state index is 9.34. The van der Waals surface area contributed by atoms with Crippen molar-refractivity contribution in [1.82, 2.24) is 19.5 Å². The van der Waals surface area contributed by atoms with Crippen molar-refractivity contribution in [1.29, 1.82) is 0 Å². The minimum absolute atomic E-state index is 0.245. The van der Waals surface area contributed by atoms with E-state index in [0.717, 1.165) is 43.6 Å². The zero-order chi connectivity index (χ0) is 18.1. The second-order valence-electron chi connectivity index (χ2n) is 8.10. The Kier molecular flexibility index (Phi) is 5.32. The van der Waals surface area contributed by atoms with Crippen molar-refractivity contribution in [2.24, 2.45) is 17.8 Å². The number of halogens is 1. The predicted octanol–water partition coefficient (Wildman–Crippen LogP) is 3.88. The van der Waals surface area contributed by atoms with E-state index in [1.54, 1.807) is 0 Å². The molecule has 2 aromatic heterocycles. The molecule has 2 heterocycles. The summed E-state index contributed by atoms with van der Waals surface area (Å²) in [5.41, 5.74) is 1.63. The SMILES string of the molecule is CC(Nc1nc(Cl)nc2ncn(CC3CCC(CO)CC3)c12)C1CCC1. The van der Waals surface area contributed by atoms with E-state index in [1.165, 1.54) is 19.3 Å². The van der Waals surface area contributed by atoms with E-state index in [9.17, 15) is 5.11 Å². The average molecular weight is 378 g/mol. The molecule has 0 radical (unpaired) electrons. The van der Waals surface area contributed by atoms with E-state index >= 15 is 0 Å². The van der Waals surface area contributed by atoms with E-state index in [0.29, 0.717) is 36.0 Å². The molecule has 26 heavy (non-hydrogen) atoms. The zero-order valence-corrected chi connectivity index (χ0v) is 16.1. The largest absolute Gasteiger partial charge is 0.396 e. The van der Waals surface area contributed by atoms with Gasteiger partial charge in [-0.3, -0.25) is 0 Å². The van der Waals surface area contributed by atoms with Gasteiger partial charge in [0.1, 0.15) is 5.52 Å². The maximum Gasteiger partial charge on any atom is 0.226 e. The molecule has 2 N–H and O–H groups in total. The van der Waals surface area contributed by atoms with Gasteiger partial charge in [0, 0.05) is 19.2 Å². The van der Waals surface area contributed by atoms with Gasteiger partial charge in [0.25, 0.3) is 0 Å². The molecule has 0 amide bonds. The summed E-state index contributed by atoms with van der Waals surface area (Å²) in [6.07, 6.45) is 10.3. The smallest absolute Gasteiger partial charge is 0.226 e. The molecule has 4 rings (SSSR count). The number of hydrogen-bond donors (Lipinski definition) is 2. The number of aliphatic hydroxyl groups is 1. The Labute approximate surface area is 159 Å². The number of nitrogens with one attached hydrogen (secondary N) is 1. The highest BCUT2D eigenvalue weighted by Crippen LogP contribution is 2.33. The van der Waals surface area contributed by atoms with Gasteiger partial charge in [0.05, 0.1) is 6.33 Å². The van der Waals surface area contributed by atoms with Crippen molar-refractivity contribution < 1.29 is 5.11 Å². The summed E-state index contributed by atoms with van der Waals surface area (Å²) in [6, 6.07) is 0.376. The fourth-order valence-electron chi connectivity index (χ4n) is 4.34. The van der Waals surface area contributed by atoms with Crippen LogP contribution in [0.2, 0.25) is 5.28 Å². The van der Waals surface area contributed by atoms with Crippen LogP contribution in [-0.2, 0) is 6.54 Å². The molecular formula is C19H28ClN5O. The van der Waals surface area contributed by atoms with Gasteiger partial charge >= 0.3 is 0 Å². The molecule has 0 spiro atoms. The second-order valence-corrected chi connectivity index (χ2v) is 8.44. The lowest BCUT2D eigenvalue weighted by molar-refractivity contribution is 0.161. The van der Waals surface area contributed by atoms with Gasteiger partial charge in [-0.25, -0.2) is 4.98 Å². The Hall–Kier alpha value is -1.40. The van der Waals surface area contributed by atoms with Crippen molar-refractivity contribution >= 4 is 28.6 Å². The van der Waals surface area contributed by atoms with Gasteiger partial charge in [-0.1, -0.05) is 6.42 Å². The lowest BCUT2D eigenvalue weighted by atomic mass is 9.80. The van der Waals surface area contributed by atoms with Crippen molar-refractivity contribution in [3.63, 3.8) is 0 Å². The Bertz CT molecular complexity index is 752. The highest BCUT2D eigenvalue weighted by molar-refractivity contribution is 6.28. The number of imidazole rings is 1. The highest BCUT2D eigenvalue weighted by atomic mass is 35.5. The molecule has 2 aromatic rings. The molecule has 6 nitrogen and oxygen atoms in total. The van der Waals surface area contributed by atoms with E-state index in [-0.39, 0.29) is 5.28 Å². The van der Waals surface area contributed by atoms with Crippen LogP contribution in [0.25, 0.3) is 11.2 Å². The number of fused-ring (bicyclic) bond motifs is 1. The topological polar surface area (TPSA) is 75.9 Å². The number of rotatable bonds is 6. The first-order valence-corrected chi connectivity index (χ1v) is 10.3. The zero-order valence-electron chi connectivity index (χ0n) is 15.4. The summed E-state index contributed by atoms with van der Waals surface area (Å²) in [4.78, 5) is 13.3. The third kappa shape index (κ3) is 3.67. The van der Waals surface area contributed by atoms with E-state index < -0.39 is 0 Å². The summed E-state index contributed by atoms with van der Waals surface area (Å²) < 4.78 is 2.19. The molecule has 2 aliphatic carbocycles. The monoisotopic (exact) mass is 377 g/mol. The number of aliphatic hydroxyl groups excluding tert-OH is 1. The quantitative estimate of drug-likeness (QED) is 0.747. The first-order chi connectivity index (χ1) is 12.6. The van der Waals surface area contributed by atoms with E-state index in [1.807, 2.05) is 6.33 Å². The average Bonchev–Trinajstić information content (AvgIpc) is 2.96. The molecule has 2 fully saturated rings. The number of aromatic nitrogens is 4. The number of nitrogens with zero attached hydrogens (tertiary/aromatic N) is 4. The molecule has 1 unspecified atom stereocenters. The Morgan fingerprint density at radius 2 is 1.92 bits per heavy atom. The van der Waals surface area contributed by atoms with Crippen LogP contribution in [-0.4, -0.2) is 37.3 Å². The number of anilines is 1. The van der Waals surface area contributed by atoms with Gasteiger partial charge in [-0.15, -0.1) is 0 Å². The van der Waals surface area contributed by atoms with Gasteiger partial charge < -0.3 is 15.0 Å². The van der Waals surface area contributed by atoms with Crippen molar-refractivity contribution in [3.8, 4) is 0 Å². The van der Waals surface area contributed by atoms with Gasteiger partial charge in [0.2, 0.25) is 5.28 Å².